The molecule has 0 spiro atoms. The molecule has 102 valence electrons. The monoisotopic (exact) mass is 252 g/mol. The van der Waals surface area contributed by atoms with Gasteiger partial charge in [-0.2, -0.15) is 13.2 Å². The first-order valence-corrected chi connectivity index (χ1v) is 6.40. The van der Waals surface area contributed by atoms with Gasteiger partial charge in [0.1, 0.15) is 0 Å². The third-order valence-electron chi connectivity index (χ3n) is 3.30. The van der Waals surface area contributed by atoms with Crippen LogP contribution in [0, 0.1) is 5.41 Å². The number of unbranched alkanes of at least 4 members (excludes halogenated alkanes) is 1. The number of hydrogen-bond donors (Lipinski definition) is 2. The zero-order valence-electron chi connectivity index (χ0n) is 10.5. The van der Waals surface area contributed by atoms with Crippen LogP contribution < -0.4 is 10.6 Å². The minimum absolute atomic E-state index is 0.228. The van der Waals surface area contributed by atoms with Crippen LogP contribution in [0.3, 0.4) is 0 Å². The lowest BCUT2D eigenvalue weighted by molar-refractivity contribution is -0.135. The van der Waals surface area contributed by atoms with E-state index in [1.165, 1.54) is 12.8 Å². The molecular weight excluding hydrogens is 229 g/mol. The maximum Gasteiger partial charge on any atom is 0.389 e. The summed E-state index contributed by atoms with van der Waals surface area (Å²) in [5.41, 5.74) is 0.266. The van der Waals surface area contributed by atoms with E-state index in [0.29, 0.717) is 13.0 Å². The smallest absolute Gasteiger partial charge is 0.316 e. The lowest BCUT2D eigenvalue weighted by Gasteiger charge is -2.34. The van der Waals surface area contributed by atoms with Crippen molar-refractivity contribution in [1.29, 1.82) is 0 Å². The largest absolute Gasteiger partial charge is 0.389 e. The molecular formula is C12H23F3N2. The number of rotatable bonds is 6. The number of alkyl halides is 3. The molecule has 1 fully saturated rings. The predicted octanol–water partition coefficient (Wildman–Crippen LogP) is 2.70. The molecule has 2 N–H and O–H groups in total. The Balaban J connectivity index is 2.00. The highest BCUT2D eigenvalue weighted by molar-refractivity contribution is 4.83. The Morgan fingerprint density at radius 2 is 2.06 bits per heavy atom. The van der Waals surface area contributed by atoms with Crippen molar-refractivity contribution in [3.05, 3.63) is 0 Å². The molecule has 0 saturated carbocycles. The Morgan fingerprint density at radius 3 is 2.65 bits per heavy atom. The van der Waals surface area contributed by atoms with E-state index in [4.69, 9.17) is 0 Å². The molecule has 0 aromatic rings. The molecule has 0 aromatic heterocycles. The molecule has 1 unspecified atom stereocenters. The quantitative estimate of drug-likeness (QED) is 0.710. The highest BCUT2D eigenvalue weighted by Gasteiger charge is 2.27. The normalized spacial score (nSPS) is 26.1. The maximum atomic E-state index is 11.9. The highest BCUT2D eigenvalue weighted by Crippen LogP contribution is 2.24. The zero-order chi connectivity index (χ0) is 12.8. The molecule has 5 heteroatoms. The van der Waals surface area contributed by atoms with Gasteiger partial charge in [-0.3, -0.25) is 0 Å². The fourth-order valence-electron chi connectivity index (χ4n) is 2.24. The van der Waals surface area contributed by atoms with E-state index in [9.17, 15) is 13.2 Å². The molecule has 1 heterocycles. The van der Waals surface area contributed by atoms with Crippen LogP contribution in [0.15, 0.2) is 0 Å². The molecule has 1 saturated heterocycles. The van der Waals surface area contributed by atoms with Crippen molar-refractivity contribution in [3.63, 3.8) is 0 Å². The fraction of sp³-hybridized carbons (Fsp3) is 1.00. The summed E-state index contributed by atoms with van der Waals surface area (Å²) >= 11 is 0. The number of nitrogens with one attached hydrogen (secondary N) is 2. The standard InChI is InChI=1S/C12H23F3N2/c1-11(5-4-8-17-10-11)9-16-7-3-2-6-12(13,14)15/h16-17H,2-10H2,1H3. The predicted molar refractivity (Wildman–Crippen MR) is 63.0 cm³/mol. The highest BCUT2D eigenvalue weighted by atomic mass is 19.4. The van der Waals surface area contributed by atoms with Crippen molar-refractivity contribution < 1.29 is 13.2 Å². The Hall–Kier alpha value is -0.290. The average molecular weight is 252 g/mol. The van der Waals surface area contributed by atoms with Crippen molar-refractivity contribution >= 4 is 0 Å². The average Bonchev–Trinajstić information content (AvgIpc) is 2.23. The fourth-order valence-corrected chi connectivity index (χ4v) is 2.24. The number of piperidine rings is 1. The second-order valence-electron chi connectivity index (χ2n) is 5.34. The molecule has 1 aliphatic heterocycles. The second-order valence-corrected chi connectivity index (χ2v) is 5.34. The van der Waals surface area contributed by atoms with E-state index >= 15 is 0 Å². The molecule has 1 aliphatic rings. The van der Waals surface area contributed by atoms with E-state index in [-0.39, 0.29) is 11.8 Å². The van der Waals surface area contributed by atoms with Crippen LogP contribution in [0.5, 0.6) is 0 Å². The topological polar surface area (TPSA) is 24.1 Å². The molecule has 2 nitrogen and oxygen atoms in total. The SMILES string of the molecule is CC1(CNCCCCC(F)(F)F)CCCNC1. The van der Waals surface area contributed by atoms with Crippen LogP contribution in [0.2, 0.25) is 0 Å². The van der Waals surface area contributed by atoms with Gasteiger partial charge >= 0.3 is 6.18 Å². The summed E-state index contributed by atoms with van der Waals surface area (Å²) in [6.45, 7) is 5.89. The third-order valence-corrected chi connectivity index (χ3v) is 3.30. The van der Waals surface area contributed by atoms with Crippen LogP contribution in [0.4, 0.5) is 13.2 Å². The van der Waals surface area contributed by atoms with Crippen LogP contribution in [-0.2, 0) is 0 Å². The first kappa shape index (κ1) is 14.8. The first-order valence-electron chi connectivity index (χ1n) is 6.40. The van der Waals surface area contributed by atoms with Crippen LogP contribution >= 0.6 is 0 Å². The van der Waals surface area contributed by atoms with Gasteiger partial charge in [0.05, 0.1) is 0 Å². The summed E-state index contributed by atoms with van der Waals surface area (Å²) in [5.74, 6) is 0. The van der Waals surface area contributed by atoms with Crippen LogP contribution in [0.1, 0.15) is 39.0 Å². The van der Waals surface area contributed by atoms with Crippen molar-refractivity contribution in [2.75, 3.05) is 26.2 Å². The Kier molecular flexibility index (Phi) is 5.73. The van der Waals surface area contributed by atoms with Gasteiger partial charge in [-0.15, -0.1) is 0 Å². The molecule has 0 amide bonds. The van der Waals surface area contributed by atoms with Crippen molar-refractivity contribution in [2.24, 2.45) is 5.41 Å². The Labute approximate surface area is 101 Å². The van der Waals surface area contributed by atoms with E-state index in [1.807, 2.05) is 0 Å². The zero-order valence-corrected chi connectivity index (χ0v) is 10.5. The summed E-state index contributed by atoms with van der Waals surface area (Å²) in [5, 5.41) is 6.63. The van der Waals surface area contributed by atoms with Gasteiger partial charge in [0, 0.05) is 19.5 Å². The Morgan fingerprint density at radius 1 is 1.29 bits per heavy atom. The van der Waals surface area contributed by atoms with Gasteiger partial charge in [0.15, 0.2) is 0 Å². The summed E-state index contributed by atoms with van der Waals surface area (Å²) < 4.78 is 35.7. The Bertz CT molecular complexity index is 210. The lowest BCUT2D eigenvalue weighted by Crippen LogP contribution is -2.44. The minimum atomic E-state index is -4.00. The van der Waals surface area contributed by atoms with E-state index < -0.39 is 12.6 Å². The van der Waals surface area contributed by atoms with Gasteiger partial charge in [0.25, 0.3) is 0 Å². The molecule has 0 bridgehead atoms. The first-order chi connectivity index (χ1) is 7.91. The number of halogens is 3. The van der Waals surface area contributed by atoms with Gasteiger partial charge in [0.2, 0.25) is 0 Å². The third kappa shape index (κ3) is 6.88. The van der Waals surface area contributed by atoms with Crippen molar-refractivity contribution in [1.82, 2.24) is 10.6 Å². The van der Waals surface area contributed by atoms with Gasteiger partial charge in [-0.1, -0.05) is 6.92 Å². The van der Waals surface area contributed by atoms with E-state index in [2.05, 4.69) is 17.6 Å². The molecule has 1 atom stereocenters. The van der Waals surface area contributed by atoms with Crippen molar-refractivity contribution in [3.8, 4) is 0 Å². The van der Waals surface area contributed by atoms with E-state index in [1.54, 1.807) is 0 Å². The summed E-state index contributed by atoms with van der Waals surface area (Å²) in [4.78, 5) is 0. The second kappa shape index (κ2) is 6.59. The van der Waals surface area contributed by atoms with Crippen LogP contribution in [0.25, 0.3) is 0 Å². The summed E-state index contributed by atoms with van der Waals surface area (Å²) in [6.07, 6.45) is -1.46. The lowest BCUT2D eigenvalue weighted by atomic mass is 9.83. The van der Waals surface area contributed by atoms with Crippen LogP contribution in [-0.4, -0.2) is 32.4 Å². The van der Waals surface area contributed by atoms with Gasteiger partial charge < -0.3 is 10.6 Å². The van der Waals surface area contributed by atoms with Crippen molar-refractivity contribution in [2.45, 2.75) is 45.2 Å². The summed E-state index contributed by atoms with van der Waals surface area (Å²) in [7, 11) is 0. The number of hydrogen-bond acceptors (Lipinski definition) is 2. The molecule has 17 heavy (non-hydrogen) atoms. The summed E-state index contributed by atoms with van der Waals surface area (Å²) in [6, 6.07) is 0. The maximum absolute atomic E-state index is 11.9. The van der Waals surface area contributed by atoms with E-state index in [0.717, 1.165) is 19.6 Å². The molecule has 0 aliphatic carbocycles. The minimum Gasteiger partial charge on any atom is -0.316 e. The molecule has 0 radical (unpaired) electrons. The van der Waals surface area contributed by atoms with Gasteiger partial charge in [-0.25, -0.2) is 0 Å². The molecule has 1 rings (SSSR count). The molecule has 0 aromatic carbocycles. The van der Waals surface area contributed by atoms with Gasteiger partial charge in [-0.05, 0) is 44.2 Å².